The Balaban J connectivity index is -0.000000273. The van der Waals surface area contributed by atoms with Crippen molar-refractivity contribution in [3.8, 4) is 0 Å². The average molecular weight is 777 g/mol. The van der Waals surface area contributed by atoms with Crippen LogP contribution >= 0.6 is 0 Å². The quantitative estimate of drug-likeness (QED) is 0.0564. The molecule has 0 aromatic rings. The van der Waals surface area contributed by atoms with Gasteiger partial charge in [-0.2, -0.15) is 0 Å². The van der Waals surface area contributed by atoms with Crippen LogP contribution in [0.5, 0.6) is 0 Å². The van der Waals surface area contributed by atoms with Crippen LogP contribution in [0.3, 0.4) is 0 Å². The highest BCUT2D eigenvalue weighted by molar-refractivity contribution is 5.89. The topological polar surface area (TPSA) is 259 Å². The molecule has 1 aliphatic heterocycles. The lowest BCUT2D eigenvalue weighted by Crippen LogP contribution is -2.33. The number of carboxylic acids is 2. The number of hydrogen-bond acceptors (Lipinski definition) is 15. The SMILES string of the molecule is C.C.C.C=C(CC(C)(C)C(=O)O)C(=O)O.C=CC(=O)OCC(O)COC(=O)C(=C)CC(C)(C)C(=O)OCC(O)COC(=O)C=C.C=CC(=O)OCC1CO1. The third kappa shape index (κ3) is 28.5. The molecule has 0 amide bonds. The van der Waals surface area contributed by atoms with Crippen LogP contribution in [0, 0.1) is 10.8 Å². The van der Waals surface area contributed by atoms with Gasteiger partial charge in [-0.15, -0.1) is 0 Å². The van der Waals surface area contributed by atoms with E-state index in [2.05, 4.69) is 47.1 Å². The molecule has 3 atom stereocenters. The Hall–Kier alpha value is -5.13. The second-order valence-electron chi connectivity index (χ2n) is 11.9. The first-order valence-corrected chi connectivity index (χ1v) is 15.0. The molecule has 1 heterocycles. The van der Waals surface area contributed by atoms with Gasteiger partial charge in [-0.05, 0) is 40.5 Å². The van der Waals surface area contributed by atoms with Crippen molar-refractivity contribution in [3.63, 3.8) is 0 Å². The summed E-state index contributed by atoms with van der Waals surface area (Å²) in [6.07, 6.45) is 0.523. The molecule has 0 aromatic carbocycles. The van der Waals surface area contributed by atoms with E-state index in [0.717, 1.165) is 18.2 Å². The second kappa shape index (κ2) is 29.3. The zero-order valence-electron chi connectivity index (χ0n) is 29.3. The Morgan fingerprint density at radius 3 is 1.41 bits per heavy atom. The lowest BCUT2D eigenvalue weighted by Gasteiger charge is -2.24. The molecule has 1 saturated heterocycles. The van der Waals surface area contributed by atoms with E-state index in [-0.39, 0.29) is 71.6 Å². The van der Waals surface area contributed by atoms with Crippen LogP contribution in [0.15, 0.2) is 62.3 Å². The van der Waals surface area contributed by atoms with Crippen molar-refractivity contribution in [1.82, 2.24) is 0 Å². The van der Waals surface area contributed by atoms with E-state index in [1.54, 1.807) is 0 Å². The summed E-state index contributed by atoms with van der Waals surface area (Å²) >= 11 is 0. The molecule has 0 aromatic heterocycles. The fourth-order valence-electron chi connectivity index (χ4n) is 2.97. The van der Waals surface area contributed by atoms with Crippen LogP contribution in [0.25, 0.3) is 0 Å². The summed E-state index contributed by atoms with van der Waals surface area (Å²) in [5.41, 5.74) is -2.36. The maximum absolute atomic E-state index is 12.2. The van der Waals surface area contributed by atoms with E-state index in [9.17, 15) is 43.8 Å². The highest BCUT2D eigenvalue weighted by Gasteiger charge is 2.33. The van der Waals surface area contributed by atoms with Crippen molar-refractivity contribution in [3.05, 3.63) is 62.3 Å². The molecule has 310 valence electrons. The Kier molecular flexibility index (Phi) is 31.6. The molecular weight excluding hydrogens is 716 g/mol. The van der Waals surface area contributed by atoms with Gasteiger partial charge in [-0.1, -0.05) is 55.2 Å². The molecule has 0 spiro atoms. The summed E-state index contributed by atoms with van der Waals surface area (Å²) in [5, 5.41) is 36.3. The molecular formula is C37H60O17. The number of rotatable bonds is 21. The molecule has 17 heteroatoms. The fourth-order valence-corrected chi connectivity index (χ4v) is 2.97. The van der Waals surface area contributed by atoms with Gasteiger partial charge in [0.25, 0.3) is 0 Å². The normalized spacial score (nSPS) is 13.3. The lowest BCUT2D eigenvalue weighted by molar-refractivity contribution is -0.159. The van der Waals surface area contributed by atoms with Gasteiger partial charge in [0, 0.05) is 29.4 Å². The van der Waals surface area contributed by atoms with E-state index in [0.29, 0.717) is 13.2 Å². The van der Waals surface area contributed by atoms with Crippen molar-refractivity contribution in [2.75, 3.05) is 39.6 Å². The number of aliphatic carboxylic acids is 2. The van der Waals surface area contributed by atoms with Gasteiger partial charge in [0.15, 0.2) is 0 Å². The van der Waals surface area contributed by atoms with Crippen molar-refractivity contribution in [1.29, 1.82) is 0 Å². The van der Waals surface area contributed by atoms with Gasteiger partial charge in [-0.3, -0.25) is 9.59 Å². The first-order chi connectivity index (χ1) is 23.5. The van der Waals surface area contributed by atoms with Crippen LogP contribution in [0.4, 0.5) is 0 Å². The number of aliphatic hydroxyl groups excluding tert-OH is 2. The zero-order valence-corrected chi connectivity index (χ0v) is 29.3. The summed E-state index contributed by atoms with van der Waals surface area (Å²) in [6, 6.07) is 0. The smallest absolute Gasteiger partial charge is 0.333 e. The van der Waals surface area contributed by atoms with Crippen molar-refractivity contribution >= 4 is 41.8 Å². The summed E-state index contributed by atoms with van der Waals surface area (Å²) in [4.78, 5) is 77.2. The average Bonchev–Trinajstić information content (AvgIpc) is 3.90. The summed E-state index contributed by atoms with van der Waals surface area (Å²) in [5.74, 6) is -5.57. The number of carbonyl (C=O) groups is 7. The van der Waals surface area contributed by atoms with Gasteiger partial charge in [0.2, 0.25) is 0 Å². The Morgan fingerprint density at radius 2 is 1.04 bits per heavy atom. The van der Waals surface area contributed by atoms with Crippen molar-refractivity contribution in [2.45, 2.75) is 81.1 Å². The zero-order chi connectivity index (χ0) is 39.9. The van der Waals surface area contributed by atoms with E-state index in [1.807, 2.05) is 0 Å². The minimum atomic E-state index is -1.24. The molecule has 0 aliphatic carbocycles. The standard InChI is InChI=1S/C20H28O10.C8H12O4.C6H8O3.3CH4/c1-6-16(23)27-9-14(21)11-29-18(25)13(3)8-20(4,5)19(26)30-12-15(22)10-28-17(24)7-2;1-5(6(9)10)4-8(2,3)7(11)12;1-2-6(7)9-4-5-3-8-5;;;/h6-7,14-15,21-22H,1-3,8-12H2,4-5H3;1,4H2,2-3H3,(H,9,10)(H,11,12);2,5H,1,3-4H2;3*1H4. The van der Waals surface area contributed by atoms with E-state index < -0.39 is 72.1 Å². The Bertz CT molecular complexity index is 1290. The van der Waals surface area contributed by atoms with Crippen LogP contribution in [0.1, 0.15) is 62.8 Å². The number of ether oxygens (including phenoxy) is 6. The molecule has 1 aliphatic rings. The molecule has 0 saturated carbocycles. The second-order valence-corrected chi connectivity index (χ2v) is 11.9. The summed E-state index contributed by atoms with van der Waals surface area (Å²) < 4.78 is 28.5. The minimum absolute atomic E-state index is 0. The number of hydrogen-bond donors (Lipinski definition) is 4. The Labute approximate surface area is 317 Å². The molecule has 3 unspecified atom stereocenters. The number of carbonyl (C=O) groups excluding carboxylic acids is 5. The predicted molar refractivity (Wildman–Crippen MR) is 198 cm³/mol. The van der Waals surface area contributed by atoms with Crippen LogP contribution in [0.2, 0.25) is 0 Å². The molecule has 0 bridgehead atoms. The largest absolute Gasteiger partial charge is 0.481 e. The highest BCUT2D eigenvalue weighted by atomic mass is 16.6. The first-order valence-electron chi connectivity index (χ1n) is 15.0. The highest BCUT2D eigenvalue weighted by Crippen LogP contribution is 2.27. The van der Waals surface area contributed by atoms with Crippen molar-refractivity contribution in [2.24, 2.45) is 10.8 Å². The third-order valence-electron chi connectivity index (χ3n) is 6.00. The maximum atomic E-state index is 12.2. The number of aliphatic hydroxyl groups is 2. The van der Waals surface area contributed by atoms with E-state index in [1.165, 1.54) is 27.7 Å². The van der Waals surface area contributed by atoms with Crippen LogP contribution in [-0.4, -0.2) is 120 Å². The van der Waals surface area contributed by atoms with Gasteiger partial charge < -0.3 is 48.8 Å². The number of epoxide rings is 1. The molecule has 1 rings (SSSR count). The van der Waals surface area contributed by atoms with Crippen molar-refractivity contribution < 1.29 is 82.4 Å². The van der Waals surface area contributed by atoms with Gasteiger partial charge in [0.1, 0.15) is 51.3 Å². The van der Waals surface area contributed by atoms with Gasteiger partial charge in [-0.25, -0.2) is 24.0 Å². The molecule has 54 heavy (non-hydrogen) atoms. The van der Waals surface area contributed by atoms with Crippen LogP contribution in [-0.2, 0) is 62.0 Å². The summed E-state index contributed by atoms with van der Waals surface area (Å²) in [7, 11) is 0. The fraction of sp³-hybridized carbons (Fsp3) is 0.541. The molecule has 17 nitrogen and oxygen atoms in total. The maximum Gasteiger partial charge on any atom is 0.333 e. The monoisotopic (exact) mass is 776 g/mol. The van der Waals surface area contributed by atoms with Gasteiger partial charge >= 0.3 is 41.8 Å². The lowest BCUT2D eigenvalue weighted by atomic mass is 9.86. The molecule has 4 N–H and O–H groups in total. The van der Waals surface area contributed by atoms with Gasteiger partial charge in [0.05, 0.1) is 17.4 Å². The molecule has 1 fully saturated rings. The number of carboxylic acid groups (broad SMARTS) is 2. The summed E-state index contributed by atoms with van der Waals surface area (Å²) in [6.45, 7) is 21.9. The van der Waals surface area contributed by atoms with E-state index >= 15 is 0 Å². The third-order valence-corrected chi connectivity index (χ3v) is 6.00. The Morgan fingerprint density at radius 1 is 0.667 bits per heavy atom. The number of esters is 5. The first kappa shape index (κ1) is 58.2. The minimum Gasteiger partial charge on any atom is -0.481 e. The van der Waals surface area contributed by atoms with E-state index in [4.69, 9.17) is 24.4 Å². The molecule has 0 radical (unpaired) electrons. The van der Waals surface area contributed by atoms with Crippen LogP contribution < -0.4 is 0 Å². The predicted octanol–water partition coefficient (Wildman–Crippen LogP) is 3.38.